The van der Waals surface area contributed by atoms with Crippen LogP contribution in [-0.2, 0) is 0 Å². The lowest BCUT2D eigenvalue weighted by molar-refractivity contribution is 0.657. The third-order valence-electron chi connectivity index (χ3n) is 5.43. The van der Waals surface area contributed by atoms with E-state index in [1.165, 1.54) is 10.9 Å². The first-order valence-electron chi connectivity index (χ1n) is 10.1. The molecule has 29 heavy (non-hydrogen) atoms. The molecule has 5 aromatic rings. The van der Waals surface area contributed by atoms with Gasteiger partial charge in [0.2, 0.25) is 0 Å². The Hall–Kier alpha value is -3.52. The van der Waals surface area contributed by atoms with Crippen LogP contribution in [0.4, 0.5) is 17.1 Å². The van der Waals surface area contributed by atoms with E-state index in [2.05, 4.69) is 110 Å². The van der Waals surface area contributed by atoms with Gasteiger partial charge in [0.05, 0.1) is 11.1 Å². The Bertz CT molecular complexity index is 1230. The van der Waals surface area contributed by atoms with Gasteiger partial charge in [-0.05, 0) is 47.9 Å². The first-order chi connectivity index (χ1) is 14.2. The maximum absolute atomic E-state index is 6.38. The zero-order chi connectivity index (χ0) is 19.8. The van der Waals surface area contributed by atoms with Crippen LogP contribution in [0.25, 0.3) is 21.9 Å². The molecule has 0 saturated heterocycles. The molecule has 0 atom stereocenters. The highest BCUT2D eigenvalue weighted by Crippen LogP contribution is 2.44. The SMILES string of the molecule is CC(C)c1ccc(N(c2ccccc2)c2ccccc2)c2c1oc1ccccc12. The second-order valence-electron chi connectivity index (χ2n) is 7.64. The van der Waals surface area contributed by atoms with Crippen molar-refractivity contribution in [2.45, 2.75) is 19.8 Å². The van der Waals surface area contributed by atoms with E-state index < -0.39 is 0 Å². The van der Waals surface area contributed by atoms with Crippen molar-refractivity contribution in [2.24, 2.45) is 0 Å². The zero-order valence-electron chi connectivity index (χ0n) is 16.7. The molecule has 0 unspecified atom stereocenters. The van der Waals surface area contributed by atoms with Gasteiger partial charge >= 0.3 is 0 Å². The van der Waals surface area contributed by atoms with Crippen LogP contribution in [0.15, 0.2) is 101 Å². The Morgan fingerprint density at radius 1 is 0.655 bits per heavy atom. The van der Waals surface area contributed by atoms with Crippen molar-refractivity contribution < 1.29 is 4.42 Å². The summed E-state index contributed by atoms with van der Waals surface area (Å²) >= 11 is 0. The van der Waals surface area contributed by atoms with Crippen molar-refractivity contribution in [3.63, 3.8) is 0 Å². The maximum atomic E-state index is 6.38. The fourth-order valence-corrected chi connectivity index (χ4v) is 4.05. The Morgan fingerprint density at radius 2 is 1.24 bits per heavy atom. The molecule has 2 nitrogen and oxygen atoms in total. The molecule has 0 spiro atoms. The van der Waals surface area contributed by atoms with Crippen molar-refractivity contribution in [3.05, 3.63) is 103 Å². The Kier molecular flexibility index (Phi) is 4.33. The number of fused-ring (bicyclic) bond motifs is 3. The molecule has 5 rings (SSSR count). The predicted molar refractivity (Wildman–Crippen MR) is 122 cm³/mol. The molecule has 1 aromatic heterocycles. The summed E-state index contributed by atoms with van der Waals surface area (Å²) < 4.78 is 6.38. The minimum atomic E-state index is 0.383. The molecule has 0 radical (unpaired) electrons. The fourth-order valence-electron chi connectivity index (χ4n) is 4.05. The topological polar surface area (TPSA) is 16.4 Å². The molecular weight excluding hydrogens is 354 g/mol. The number of hydrogen-bond acceptors (Lipinski definition) is 2. The second kappa shape index (κ2) is 7.14. The lowest BCUT2D eigenvalue weighted by atomic mass is 9.98. The Labute approximate surface area is 171 Å². The van der Waals surface area contributed by atoms with Crippen LogP contribution < -0.4 is 4.90 Å². The van der Waals surface area contributed by atoms with E-state index in [0.717, 1.165) is 33.6 Å². The Balaban J connectivity index is 1.88. The van der Waals surface area contributed by atoms with Gasteiger partial charge in [0.25, 0.3) is 0 Å². The van der Waals surface area contributed by atoms with Crippen LogP contribution in [0.3, 0.4) is 0 Å². The van der Waals surface area contributed by atoms with Crippen molar-refractivity contribution >= 4 is 39.0 Å². The van der Waals surface area contributed by atoms with Crippen LogP contribution in [0, 0.1) is 0 Å². The van der Waals surface area contributed by atoms with E-state index in [0.29, 0.717) is 5.92 Å². The van der Waals surface area contributed by atoms with Crippen LogP contribution in [-0.4, -0.2) is 0 Å². The lowest BCUT2D eigenvalue weighted by Crippen LogP contribution is -2.10. The molecule has 0 aliphatic heterocycles. The average molecular weight is 377 g/mol. The van der Waals surface area contributed by atoms with E-state index in [-0.39, 0.29) is 0 Å². The number of anilines is 3. The quantitative estimate of drug-likeness (QED) is 0.314. The summed E-state index contributed by atoms with van der Waals surface area (Å²) in [6, 6.07) is 33.8. The zero-order valence-corrected chi connectivity index (χ0v) is 16.7. The molecule has 4 aromatic carbocycles. The van der Waals surface area contributed by atoms with Crippen molar-refractivity contribution in [1.82, 2.24) is 0 Å². The average Bonchev–Trinajstić information content (AvgIpc) is 3.15. The van der Waals surface area contributed by atoms with Crippen molar-refractivity contribution in [3.8, 4) is 0 Å². The van der Waals surface area contributed by atoms with Gasteiger partial charge in [-0.3, -0.25) is 0 Å². The highest BCUT2D eigenvalue weighted by molar-refractivity contribution is 6.14. The number of benzene rings is 4. The number of hydrogen-bond donors (Lipinski definition) is 0. The third-order valence-corrected chi connectivity index (χ3v) is 5.43. The van der Waals surface area contributed by atoms with Gasteiger partial charge in [-0.1, -0.05) is 74.5 Å². The van der Waals surface area contributed by atoms with Gasteiger partial charge in [0, 0.05) is 16.8 Å². The standard InChI is InChI=1S/C27H23NO/c1-19(2)22-17-18-24(26-23-15-9-10-16-25(23)29-27(22)26)28(20-11-5-3-6-12-20)21-13-7-4-8-14-21/h3-19H,1-2H3. The van der Waals surface area contributed by atoms with E-state index in [9.17, 15) is 0 Å². The van der Waals surface area contributed by atoms with Gasteiger partial charge < -0.3 is 9.32 Å². The first-order valence-corrected chi connectivity index (χ1v) is 10.1. The maximum Gasteiger partial charge on any atom is 0.140 e. The predicted octanol–water partition coefficient (Wildman–Crippen LogP) is 8.18. The minimum Gasteiger partial charge on any atom is -0.456 e. The van der Waals surface area contributed by atoms with Gasteiger partial charge in [-0.2, -0.15) is 0 Å². The summed E-state index contributed by atoms with van der Waals surface area (Å²) in [4.78, 5) is 2.31. The first kappa shape index (κ1) is 17.6. The molecule has 142 valence electrons. The van der Waals surface area contributed by atoms with Gasteiger partial charge in [0.1, 0.15) is 11.2 Å². The highest BCUT2D eigenvalue weighted by atomic mass is 16.3. The highest BCUT2D eigenvalue weighted by Gasteiger charge is 2.21. The van der Waals surface area contributed by atoms with Crippen LogP contribution in [0.5, 0.6) is 0 Å². The van der Waals surface area contributed by atoms with Gasteiger partial charge in [0.15, 0.2) is 0 Å². The molecule has 0 N–H and O–H groups in total. The number of para-hydroxylation sites is 3. The van der Waals surface area contributed by atoms with Crippen molar-refractivity contribution in [1.29, 1.82) is 0 Å². The van der Waals surface area contributed by atoms with Crippen LogP contribution in [0.2, 0.25) is 0 Å². The number of furan rings is 1. The Morgan fingerprint density at radius 3 is 1.86 bits per heavy atom. The van der Waals surface area contributed by atoms with Gasteiger partial charge in [-0.25, -0.2) is 0 Å². The van der Waals surface area contributed by atoms with Crippen molar-refractivity contribution in [2.75, 3.05) is 4.90 Å². The second-order valence-corrected chi connectivity index (χ2v) is 7.64. The smallest absolute Gasteiger partial charge is 0.140 e. The molecule has 0 fully saturated rings. The molecule has 0 saturated carbocycles. The summed E-state index contributed by atoms with van der Waals surface area (Å²) in [7, 11) is 0. The van der Waals surface area contributed by atoms with E-state index in [1.54, 1.807) is 0 Å². The summed E-state index contributed by atoms with van der Waals surface area (Å²) in [6.45, 7) is 4.43. The number of nitrogens with zero attached hydrogens (tertiary/aromatic N) is 1. The lowest BCUT2D eigenvalue weighted by Gasteiger charge is -2.26. The molecule has 0 amide bonds. The molecule has 1 heterocycles. The summed E-state index contributed by atoms with van der Waals surface area (Å²) in [5.41, 5.74) is 6.53. The molecular formula is C27H23NO. The number of rotatable bonds is 4. The fraction of sp³-hybridized carbons (Fsp3) is 0.111. The minimum absolute atomic E-state index is 0.383. The van der Waals surface area contributed by atoms with Gasteiger partial charge in [-0.15, -0.1) is 0 Å². The molecule has 0 aliphatic carbocycles. The summed E-state index contributed by atoms with van der Waals surface area (Å²) in [6.07, 6.45) is 0. The third kappa shape index (κ3) is 2.98. The molecule has 2 heteroatoms. The van der Waals surface area contributed by atoms with Crippen LogP contribution in [0.1, 0.15) is 25.3 Å². The molecule has 0 bridgehead atoms. The van der Waals surface area contributed by atoms with Crippen LogP contribution >= 0.6 is 0 Å². The largest absolute Gasteiger partial charge is 0.456 e. The monoisotopic (exact) mass is 377 g/mol. The normalized spacial score (nSPS) is 11.4. The summed E-state index contributed by atoms with van der Waals surface area (Å²) in [5, 5.41) is 2.32. The van der Waals surface area contributed by atoms with E-state index in [4.69, 9.17) is 4.42 Å². The van der Waals surface area contributed by atoms with E-state index in [1.807, 2.05) is 6.07 Å². The molecule has 0 aliphatic rings. The summed E-state index contributed by atoms with van der Waals surface area (Å²) in [5.74, 6) is 0.383. The van der Waals surface area contributed by atoms with E-state index >= 15 is 0 Å².